The van der Waals surface area contributed by atoms with E-state index in [4.69, 9.17) is 4.74 Å². The summed E-state index contributed by atoms with van der Waals surface area (Å²) in [5, 5.41) is 10.7. The molecule has 144 valence electrons. The van der Waals surface area contributed by atoms with Crippen LogP contribution in [-0.4, -0.2) is 41.3 Å². The van der Waals surface area contributed by atoms with Crippen molar-refractivity contribution in [2.45, 2.75) is 6.54 Å². The van der Waals surface area contributed by atoms with Gasteiger partial charge in [0.25, 0.3) is 5.91 Å². The molecule has 0 fully saturated rings. The molecule has 0 bridgehead atoms. The van der Waals surface area contributed by atoms with Crippen LogP contribution in [0.1, 0.15) is 15.9 Å². The zero-order chi connectivity index (χ0) is 19.9. The summed E-state index contributed by atoms with van der Waals surface area (Å²) in [6, 6.07) is 12.8. The van der Waals surface area contributed by atoms with Crippen LogP contribution >= 0.6 is 11.3 Å². The Morgan fingerprint density at radius 3 is 2.61 bits per heavy atom. The highest BCUT2D eigenvalue weighted by Gasteiger charge is 2.21. The van der Waals surface area contributed by atoms with Crippen LogP contribution in [0, 0.1) is 0 Å². The summed E-state index contributed by atoms with van der Waals surface area (Å²) in [5.41, 5.74) is 1.78. The minimum absolute atomic E-state index is 0.256. The van der Waals surface area contributed by atoms with Crippen LogP contribution in [0.2, 0.25) is 0 Å². The van der Waals surface area contributed by atoms with Crippen molar-refractivity contribution in [1.29, 1.82) is 0 Å². The second-order valence-corrected chi connectivity index (χ2v) is 6.70. The lowest BCUT2D eigenvalue weighted by Gasteiger charge is -2.05. The van der Waals surface area contributed by atoms with Gasteiger partial charge in [0.2, 0.25) is 0 Å². The molecule has 0 spiro atoms. The Hall–Kier alpha value is -3.46. The number of nitrogens with one attached hydrogen (secondary N) is 2. The number of thiophene rings is 1. The van der Waals surface area contributed by atoms with Crippen molar-refractivity contribution in [2.75, 3.05) is 13.7 Å². The molecule has 0 saturated carbocycles. The van der Waals surface area contributed by atoms with Crippen LogP contribution in [-0.2, 0) is 16.1 Å². The van der Waals surface area contributed by atoms with Crippen molar-refractivity contribution in [3.63, 3.8) is 0 Å². The molecule has 0 aliphatic heterocycles. The fourth-order valence-electron chi connectivity index (χ4n) is 2.45. The monoisotopic (exact) mass is 398 g/mol. The Morgan fingerprint density at radius 2 is 1.93 bits per heavy atom. The number of esters is 1. The molecule has 2 aromatic heterocycles. The van der Waals surface area contributed by atoms with Crippen LogP contribution < -0.4 is 10.6 Å². The minimum atomic E-state index is -0.720. The average molecular weight is 398 g/mol. The quantitative estimate of drug-likeness (QED) is 0.620. The van der Waals surface area contributed by atoms with Crippen molar-refractivity contribution in [3.05, 3.63) is 65.2 Å². The topological polar surface area (TPSA) is 102 Å². The molecule has 0 aliphatic rings. The van der Waals surface area contributed by atoms with Gasteiger partial charge in [-0.2, -0.15) is 5.10 Å². The van der Waals surface area contributed by atoms with Crippen molar-refractivity contribution >= 4 is 29.2 Å². The number of aromatic nitrogens is 2. The first-order valence-electron chi connectivity index (χ1n) is 8.40. The Bertz CT molecular complexity index is 967. The van der Waals surface area contributed by atoms with E-state index in [1.54, 1.807) is 10.9 Å². The number of ether oxygens (including phenoxy) is 1. The molecule has 28 heavy (non-hydrogen) atoms. The van der Waals surface area contributed by atoms with Gasteiger partial charge in [-0.15, -0.1) is 11.3 Å². The van der Waals surface area contributed by atoms with Gasteiger partial charge in [0, 0.05) is 13.2 Å². The fourth-order valence-corrected chi connectivity index (χ4v) is 3.17. The third kappa shape index (κ3) is 4.83. The molecular formula is C19H18N4O4S. The Kier molecular flexibility index (Phi) is 6.18. The predicted molar refractivity (Wildman–Crippen MR) is 104 cm³/mol. The van der Waals surface area contributed by atoms with E-state index in [9.17, 15) is 14.4 Å². The Labute approximate surface area is 165 Å². The largest absolute Gasteiger partial charge is 0.452 e. The van der Waals surface area contributed by atoms with Gasteiger partial charge >= 0.3 is 12.0 Å². The maximum atomic E-state index is 12.5. The highest BCUT2D eigenvalue weighted by molar-refractivity contribution is 7.13. The van der Waals surface area contributed by atoms with Crippen LogP contribution in [0.3, 0.4) is 0 Å². The molecule has 0 saturated heterocycles. The van der Waals surface area contributed by atoms with Crippen molar-refractivity contribution in [3.8, 4) is 10.6 Å². The van der Waals surface area contributed by atoms with Gasteiger partial charge in [-0.3, -0.25) is 14.8 Å². The van der Waals surface area contributed by atoms with Crippen molar-refractivity contribution in [1.82, 2.24) is 20.4 Å². The lowest BCUT2D eigenvalue weighted by molar-refractivity contribution is -0.123. The summed E-state index contributed by atoms with van der Waals surface area (Å²) in [7, 11) is 1.38. The molecule has 3 rings (SSSR count). The summed E-state index contributed by atoms with van der Waals surface area (Å²) in [4.78, 5) is 36.1. The van der Waals surface area contributed by atoms with Gasteiger partial charge in [-0.1, -0.05) is 36.4 Å². The number of amides is 3. The number of carbonyl (C=O) groups is 3. The minimum Gasteiger partial charge on any atom is -0.452 e. The van der Waals surface area contributed by atoms with Crippen molar-refractivity contribution in [2.24, 2.45) is 0 Å². The molecule has 8 nitrogen and oxygen atoms in total. The molecule has 2 N–H and O–H groups in total. The highest BCUT2D eigenvalue weighted by atomic mass is 32.1. The van der Waals surface area contributed by atoms with Gasteiger partial charge < -0.3 is 10.1 Å². The average Bonchev–Trinajstić information content (AvgIpc) is 3.36. The number of hydrogen-bond donors (Lipinski definition) is 2. The van der Waals surface area contributed by atoms with E-state index >= 15 is 0 Å². The van der Waals surface area contributed by atoms with Crippen LogP contribution in [0.5, 0.6) is 0 Å². The molecular weight excluding hydrogens is 380 g/mol. The van der Waals surface area contributed by atoms with Gasteiger partial charge in [-0.25, -0.2) is 9.59 Å². The second-order valence-electron chi connectivity index (χ2n) is 5.76. The van der Waals surface area contributed by atoms with Crippen LogP contribution in [0.4, 0.5) is 4.79 Å². The molecule has 3 amide bonds. The normalized spacial score (nSPS) is 10.3. The standard InChI is InChI=1S/C19H18N4O4S/c1-20-19(26)21-16(24)12-27-18(25)14-11-23(10-13-6-3-2-4-7-13)22-17(14)15-8-5-9-28-15/h2-9,11H,10,12H2,1H3,(H2,20,21,24,26). The van der Waals surface area contributed by atoms with Gasteiger partial charge in [0.15, 0.2) is 6.61 Å². The number of benzene rings is 1. The first-order valence-corrected chi connectivity index (χ1v) is 9.28. The van der Waals surface area contributed by atoms with Crippen LogP contribution in [0.25, 0.3) is 10.6 Å². The Balaban J connectivity index is 1.77. The number of carbonyl (C=O) groups excluding carboxylic acids is 3. The number of nitrogens with zero attached hydrogens (tertiary/aromatic N) is 2. The van der Waals surface area contributed by atoms with Crippen LogP contribution in [0.15, 0.2) is 54.0 Å². The van der Waals surface area contributed by atoms with E-state index in [0.717, 1.165) is 10.4 Å². The lowest BCUT2D eigenvalue weighted by Crippen LogP contribution is -2.39. The molecule has 0 unspecified atom stereocenters. The van der Waals surface area contributed by atoms with E-state index in [1.807, 2.05) is 53.2 Å². The van der Waals surface area contributed by atoms with E-state index < -0.39 is 24.5 Å². The molecule has 3 aromatic rings. The number of imide groups is 1. The number of rotatable bonds is 6. The third-order valence-electron chi connectivity index (χ3n) is 3.74. The first-order chi connectivity index (χ1) is 13.6. The van der Waals surface area contributed by atoms with E-state index in [1.165, 1.54) is 18.4 Å². The SMILES string of the molecule is CNC(=O)NC(=O)COC(=O)c1cn(Cc2ccccc2)nc1-c1cccs1. The number of hydrogen-bond acceptors (Lipinski definition) is 6. The fraction of sp³-hybridized carbons (Fsp3) is 0.158. The smallest absolute Gasteiger partial charge is 0.342 e. The second kappa shape index (κ2) is 8.96. The summed E-state index contributed by atoms with van der Waals surface area (Å²) in [5.74, 6) is -1.41. The van der Waals surface area contributed by atoms with Crippen molar-refractivity contribution < 1.29 is 19.1 Å². The van der Waals surface area contributed by atoms with E-state index in [-0.39, 0.29) is 5.56 Å². The maximum Gasteiger partial charge on any atom is 0.342 e. The van der Waals surface area contributed by atoms with E-state index in [2.05, 4.69) is 10.4 Å². The van der Waals surface area contributed by atoms with Gasteiger partial charge in [-0.05, 0) is 17.0 Å². The zero-order valence-electron chi connectivity index (χ0n) is 15.0. The highest BCUT2D eigenvalue weighted by Crippen LogP contribution is 2.27. The van der Waals surface area contributed by atoms with Gasteiger partial charge in [0.1, 0.15) is 11.3 Å². The number of urea groups is 1. The van der Waals surface area contributed by atoms with E-state index in [0.29, 0.717) is 12.2 Å². The Morgan fingerprint density at radius 1 is 1.14 bits per heavy atom. The molecule has 9 heteroatoms. The summed E-state index contributed by atoms with van der Waals surface area (Å²) >= 11 is 1.45. The summed E-state index contributed by atoms with van der Waals surface area (Å²) in [6.45, 7) is -0.0797. The third-order valence-corrected chi connectivity index (χ3v) is 4.61. The summed E-state index contributed by atoms with van der Waals surface area (Å²) < 4.78 is 6.72. The lowest BCUT2D eigenvalue weighted by atomic mass is 10.2. The predicted octanol–water partition coefficient (Wildman–Crippen LogP) is 2.27. The molecule has 0 atom stereocenters. The summed E-state index contributed by atoms with van der Waals surface area (Å²) in [6.07, 6.45) is 1.60. The molecule has 2 heterocycles. The molecule has 1 aromatic carbocycles. The maximum absolute atomic E-state index is 12.5. The van der Waals surface area contributed by atoms with Gasteiger partial charge in [0.05, 0.1) is 11.4 Å². The zero-order valence-corrected chi connectivity index (χ0v) is 15.9. The first kappa shape index (κ1) is 19.3. The molecule has 0 radical (unpaired) electrons. The molecule has 0 aliphatic carbocycles.